The molecule has 6 rings (SSSR count). The van der Waals surface area contributed by atoms with E-state index in [4.69, 9.17) is 19.0 Å². The van der Waals surface area contributed by atoms with Gasteiger partial charge in [-0.1, -0.05) is 6.92 Å². The van der Waals surface area contributed by atoms with Crippen molar-refractivity contribution >= 4 is 65.3 Å². The Bertz CT molecular complexity index is 2740. The summed E-state index contributed by atoms with van der Waals surface area (Å²) < 4.78 is 125. The van der Waals surface area contributed by atoms with E-state index in [1.807, 2.05) is 0 Å². The van der Waals surface area contributed by atoms with Crippen LogP contribution in [0.15, 0.2) is 80.9 Å². The molecular formula is C42H48N3O18S3-3. The predicted octanol–water partition coefficient (Wildman–Crippen LogP) is 1.95. The number of amides is 2. The van der Waals surface area contributed by atoms with Crippen molar-refractivity contribution in [2.24, 2.45) is 0 Å². The molecule has 2 aromatic carbocycles. The van der Waals surface area contributed by atoms with E-state index in [1.165, 1.54) is 50.6 Å². The van der Waals surface area contributed by atoms with Crippen molar-refractivity contribution < 1.29 is 82.2 Å². The van der Waals surface area contributed by atoms with Crippen molar-refractivity contribution in [1.29, 1.82) is 0 Å². The number of benzene rings is 2. The Balaban J connectivity index is 1.38. The largest absolute Gasteiger partial charge is 0.748 e. The molecule has 0 aromatic heterocycles. The number of imide groups is 1. The Morgan fingerprint density at radius 3 is 2.00 bits per heavy atom. The molecule has 0 spiro atoms. The van der Waals surface area contributed by atoms with Gasteiger partial charge < -0.3 is 47.6 Å². The number of fused-ring (bicyclic) bond motifs is 2. The van der Waals surface area contributed by atoms with Crippen LogP contribution in [0.1, 0.15) is 63.5 Å². The number of ether oxygens (including phenoxy) is 3. The number of hydrogen-bond donors (Lipinski definition) is 1. The zero-order chi connectivity index (χ0) is 48.6. The minimum Gasteiger partial charge on any atom is -0.748 e. The molecule has 66 heavy (non-hydrogen) atoms. The zero-order valence-corrected chi connectivity index (χ0v) is 38.8. The topological polar surface area (TPSA) is 307 Å². The fraction of sp³-hybridized carbons (Fsp3) is 0.476. The maximum atomic E-state index is 14.3. The van der Waals surface area contributed by atoms with Gasteiger partial charge in [0.25, 0.3) is 11.8 Å². The number of carbonyl (C=O) groups excluding carboxylic acids is 4. The molecule has 1 aliphatic carbocycles. The Labute approximate surface area is 381 Å². The van der Waals surface area contributed by atoms with Gasteiger partial charge in [0.2, 0.25) is 0 Å². The number of Topliss-reactive ketones (excluding diaryl/α,β-unsaturated/α-hetero) is 1. The van der Waals surface area contributed by atoms with Gasteiger partial charge in [-0.05, 0) is 85.9 Å². The van der Waals surface area contributed by atoms with E-state index in [0.717, 1.165) is 12.1 Å². The number of ketones is 1. The van der Waals surface area contributed by atoms with Crippen molar-refractivity contribution in [3.63, 3.8) is 0 Å². The van der Waals surface area contributed by atoms with Crippen LogP contribution < -0.4 is 9.80 Å². The number of nitrogens with zero attached hydrogens (tertiary/aromatic N) is 3. The number of aliphatic hydroxyl groups is 1. The zero-order valence-electron chi connectivity index (χ0n) is 36.3. The number of aliphatic hydroxyl groups excluding tert-OH is 1. The Kier molecular flexibility index (Phi) is 14.7. The quantitative estimate of drug-likeness (QED) is 0.0809. The monoisotopic (exact) mass is 978 g/mol. The van der Waals surface area contributed by atoms with Gasteiger partial charge in [0.1, 0.15) is 26.0 Å². The third kappa shape index (κ3) is 10.3. The van der Waals surface area contributed by atoms with Gasteiger partial charge in [-0.3, -0.25) is 14.4 Å². The fourth-order valence-corrected chi connectivity index (χ4v) is 10.4. The summed E-state index contributed by atoms with van der Waals surface area (Å²) in [7, 11) is -11.7. The summed E-state index contributed by atoms with van der Waals surface area (Å²) in [5.74, 6) is -4.05. The van der Waals surface area contributed by atoms with Gasteiger partial charge in [-0.15, -0.1) is 5.06 Å². The van der Waals surface area contributed by atoms with Crippen molar-refractivity contribution in [3.8, 4) is 0 Å². The third-order valence-electron chi connectivity index (χ3n) is 12.3. The molecule has 21 nitrogen and oxygen atoms in total. The molecule has 0 saturated carbocycles. The van der Waals surface area contributed by atoms with Crippen LogP contribution in [-0.4, -0.2) is 138 Å². The molecule has 3 unspecified atom stereocenters. The first-order valence-corrected chi connectivity index (χ1v) is 25.0. The maximum Gasteiger partial charge on any atom is 0.335 e. The first-order valence-electron chi connectivity index (χ1n) is 20.6. The normalized spacial score (nSPS) is 23.3. The van der Waals surface area contributed by atoms with Crippen LogP contribution in [0.2, 0.25) is 0 Å². The summed E-state index contributed by atoms with van der Waals surface area (Å²) in [6.45, 7) is 3.52. The minimum absolute atomic E-state index is 0.0151. The lowest BCUT2D eigenvalue weighted by molar-refractivity contribution is -0.198. The first kappa shape index (κ1) is 50.4. The molecule has 3 atom stereocenters. The molecule has 3 heterocycles. The highest BCUT2D eigenvalue weighted by Gasteiger charge is 2.49. The van der Waals surface area contributed by atoms with Gasteiger partial charge in [-0.25, -0.2) is 30.0 Å². The number of methoxy groups -OCH3 is 2. The summed E-state index contributed by atoms with van der Waals surface area (Å²) in [5, 5.41) is 12.2. The van der Waals surface area contributed by atoms with Gasteiger partial charge in [-0.2, -0.15) is 0 Å². The molecule has 3 aliphatic heterocycles. The van der Waals surface area contributed by atoms with Crippen LogP contribution in [0, 0.1) is 0 Å². The molecular weight excluding hydrogens is 931 g/mol. The standard InChI is InChI=1S/C42H51N3O18S3/c1-41(13-5-21-64(51,52)53)30-22-26(65(54,55)56)6-8-32(30)43(15-19-61-4)34(41)24-28-39(49)29(40(28)50)25-35-42(2,14-18-60-3)31-23-27(66(57,58)59)7-9-33(31)44(35)16-20-62-17-12-38(48)63-45-36(46)10-11-37(45)47/h6-9,22-25,34,49H,5,10-21H2,1-4H3,(H,51,52,53)(H,54,55,56)(H,57,58,59)/p-3/b28-24?,35-25+. The third-order valence-corrected chi connectivity index (χ3v) is 14.8. The molecule has 2 amide bonds. The number of carbonyl (C=O) groups is 4. The van der Waals surface area contributed by atoms with E-state index in [0.29, 0.717) is 33.3 Å². The molecule has 1 N–H and O–H groups in total. The smallest absolute Gasteiger partial charge is 0.335 e. The molecule has 0 radical (unpaired) electrons. The van der Waals surface area contributed by atoms with Gasteiger partial charge in [0, 0.05) is 80.4 Å². The second-order valence-corrected chi connectivity index (χ2v) is 20.8. The summed E-state index contributed by atoms with van der Waals surface area (Å²) >= 11 is 0. The van der Waals surface area contributed by atoms with Gasteiger partial charge in [0.15, 0.2) is 5.78 Å². The van der Waals surface area contributed by atoms with Crippen molar-refractivity contribution in [2.75, 3.05) is 69.3 Å². The van der Waals surface area contributed by atoms with Gasteiger partial charge >= 0.3 is 5.97 Å². The van der Waals surface area contributed by atoms with Crippen LogP contribution in [-0.2, 0) is 79.4 Å². The van der Waals surface area contributed by atoms with Crippen LogP contribution in [0.5, 0.6) is 0 Å². The SMILES string of the molecule is COCCN1c2ccc(S(=O)(=O)[O-])cc2C(C)(CCCS(=O)(=O)[O-])C1C=C1C(=O)C(/C=C2/N(CCOCCC(=O)ON3C(=O)CCC3=O)c3ccc(S(=O)(=O)[O-])cc3C2(C)CCOC)=C1O. The lowest BCUT2D eigenvalue weighted by atomic mass is 9.72. The van der Waals surface area contributed by atoms with E-state index in [2.05, 4.69) is 0 Å². The van der Waals surface area contributed by atoms with Crippen LogP contribution in [0.25, 0.3) is 0 Å². The van der Waals surface area contributed by atoms with E-state index >= 15 is 0 Å². The lowest BCUT2D eigenvalue weighted by Gasteiger charge is -2.37. The number of allylic oxidation sites excluding steroid dienone is 4. The molecule has 360 valence electrons. The highest BCUT2D eigenvalue weighted by atomic mass is 32.2. The number of hydrogen-bond acceptors (Lipinski definition) is 20. The van der Waals surface area contributed by atoms with Crippen molar-refractivity contribution in [1.82, 2.24) is 5.06 Å². The summed E-state index contributed by atoms with van der Waals surface area (Å²) in [5.41, 5.74) is -0.797. The fourth-order valence-electron chi connectivity index (χ4n) is 8.86. The second-order valence-electron chi connectivity index (χ2n) is 16.5. The number of anilines is 2. The molecule has 1 fully saturated rings. The Morgan fingerprint density at radius 1 is 0.818 bits per heavy atom. The van der Waals surface area contributed by atoms with Gasteiger partial charge in [0.05, 0.1) is 63.3 Å². The summed E-state index contributed by atoms with van der Waals surface area (Å²) in [6, 6.07) is 6.61. The van der Waals surface area contributed by atoms with Crippen LogP contribution in [0.3, 0.4) is 0 Å². The molecule has 2 aromatic rings. The number of rotatable bonds is 21. The summed E-state index contributed by atoms with van der Waals surface area (Å²) in [4.78, 5) is 57.7. The highest BCUT2D eigenvalue weighted by Crippen LogP contribution is 2.53. The van der Waals surface area contributed by atoms with Crippen LogP contribution >= 0.6 is 0 Å². The predicted molar refractivity (Wildman–Crippen MR) is 228 cm³/mol. The molecule has 0 bridgehead atoms. The maximum absolute atomic E-state index is 14.3. The van der Waals surface area contributed by atoms with E-state index < -0.39 is 92.1 Å². The Morgan fingerprint density at radius 2 is 1.42 bits per heavy atom. The molecule has 1 saturated heterocycles. The Hall–Kier alpha value is -5.05. The second kappa shape index (κ2) is 19.3. The minimum atomic E-state index is -4.96. The van der Waals surface area contributed by atoms with Crippen molar-refractivity contribution in [3.05, 3.63) is 82.3 Å². The first-order chi connectivity index (χ1) is 30.9. The lowest BCUT2D eigenvalue weighted by Crippen LogP contribution is -2.44. The average molecular weight is 979 g/mol. The van der Waals surface area contributed by atoms with Crippen molar-refractivity contribution in [2.45, 2.75) is 79.0 Å². The van der Waals surface area contributed by atoms with E-state index in [9.17, 15) is 63.2 Å². The highest BCUT2D eigenvalue weighted by molar-refractivity contribution is 7.86. The van der Waals surface area contributed by atoms with E-state index in [-0.39, 0.29) is 89.2 Å². The van der Waals surface area contributed by atoms with E-state index in [1.54, 1.807) is 23.6 Å². The average Bonchev–Trinajstić information content (AvgIpc) is 3.77. The molecule has 24 heteroatoms. The summed E-state index contributed by atoms with van der Waals surface area (Å²) in [6.07, 6.45) is 2.35. The molecule has 4 aliphatic rings. The van der Waals surface area contributed by atoms with Crippen LogP contribution in [0.4, 0.5) is 11.4 Å². The number of hydroxylamine groups is 2.